The molecule has 4 heteroatoms. The van der Waals surface area contributed by atoms with Crippen molar-refractivity contribution in [2.24, 2.45) is 58.2 Å². The van der Waals surface area contributed by atoms with E-state index in [1.165, 1.54) is 24.0 Å². The minimum Gasteiger partial charge on any atom is -0.397 e. The molecule has 4 unspecified atom stereocenters. The number of nitrogens with two attached hydrogens (primary N) is 2. The van der Waals surface area contributed by atoms with Crippen molar-refractivity contribution in [3.63, 3.8) is 0 Å². The molecule has 5 fully saturated rings. The van der Waals surface area contributed by atoms with E-state index >= 15 is 0 Å². The quantitative estimate of drug-likeness (QED) is 0.469. The van der Waals surface area contributed by atoms with Gasteiger partial charge in [0.1, 0.15) is 0 Å². The van der Waals surface area contributed by atoms with Crippen LogP contribution in [0.2, 0.25) is 0 Å². The third kappa shape index (κ3) is 1.30. The van der Waals surface area contributed by atoms with E-state index < -0.39 is 0 Å². The molecule has 0 spiro atoms. The number of benzene rings is 1. The van der Waals surface area contributed by atoms with Crippen LogP contribution in [-0.4, -0.2) is 23.4 Å². The molecular weight excluding hydrogens is 348 g/mol. The molecule has 28 heavy (non-hydrogen) atoms. The molecule has 150 valence electrons. The van der Waals surface area contributed by atoms with Crippen molar-refractivity contribution < 1.29 is 10.2 Å². The molecule has 0 aromatic heterocycles. The highest BCUT2D eigenvalue weighted by atomic mass is 16.3. The van der Waals surface area contributed by atoms with Gasteiger partial charge in [-0.15, -0.1) is 0 Å². The zero-order valence-corrected chi connectivity index (χ0v) is 16.8. The number of nitrogen functional groups attached to an aromatic ring is 2. The fourth-order valence-electron chi connectivity index (χ4n) is 11.1. The molecule has 5 saturated carbocycles. The summed E-state index contributed by atoms with van der Waals surface area (Å²) in [5, 5.41) is 20.2. The number of fused-ring (bicyclic) bond motifs is 18. The highest BCUT2D eigenvalue weighted by Gasteiger charge is 2.89. The Morgan fingerprint density at radius 3 is 1.61 bits per heavy atom. The smallest absolute Gasteiger partial charge is 0.0550 e. The van der Waals surface area contributed by atoms with Crippen LogP contribution in [0.4, 0.5) is 11.4 Å². The van der Waals surface area contributed by atoms with Crippen molar-refractivity contribution in [2.45, 2.75) is 38.5 Å². The van der Waals surface area contributed by atoms with Crippen molar-refractivity contribution in [1.29, 1.82) is 0 Å². The first-order valence-electron chi connectivity index (χ1n) is 11.3. The molecule has 0 heterocycles. The Hall–Kier alpha value is -1.26. The molecule has 12 atom stereocenters. The largest absolute Gasteiger partial charge is 0.397 e. The van der Waals surface area contributed by atoms with Crippen LogP contribution in [-0.2, 0) is 0 Å². The maximum absolute atomic E-state index is 10.1. The molecule has 0 aliphatic heterocycles. The summed E-state index contributed by atoms with van der Waals surface area (Å²) < 4.78 is 0. The lowest BCUT2D eigenvalue weighted by Gasteiger charge is -2.84. The summed E-state index contributed by atoms with van der Waals surface area (Å²) in [6, 6.07) is 4.36. The average molecular weight is 381 g/mol. The lowest BCUT2D eigenvalue weighted by atomic mass is 9.19. The molecule has 7 rings (SSSR count). The molecule has 6 aliphatic rings. The fraction of sp³-hybridized carbons (Fsp3) is 0.750. The van der Waals surface area contributed by atoms with Crippen molar-refractivity contribution in [2.75, 3.05) is 24.7 Å². The van der Waals surface area contributed by atoms with E-state index in [0.717, 1.165) is 35.0 Å². The predicted octanol–water partition coefficient (Wildman–Crippen LogP) is 2.81. The Morgan fingerprint density at radius 1 is 0.786 bits per heavy atom. The summed E-state index contributed by atoms with van der Waals surface area (Å²) in [4.78, 5) is 0. The van der Waals surface area contributed by atoms with E-state index in [4.69, 9.17) is 11.5 Å². The maximum atomic E-state index is 10.1. The number of anilines is 2. The zero-order chi connectivity index (χ0) is 19.3. The lowest BCUT2D eigenvalue weighted by Crippen LogP contribution is -2.81. The van der Waals surface area contributed by atoms with Crippen molar-refractivity contribution >= 4 is 11.4 Å². The first kappa shape index (κ1) is 16.5. The third-order valence-corrected chi connectivity index (χ3v) is 11.7. The summed E-state index contributed by atoms with van der Waals surface area (Å²) in [7, 11) is 0. The lowest BCUT2D eigenvalue weighted by molar-refractivity contribution is -0.371. The van der Waals surface area contributed by atoms with Gasteiger partial charge >= 0.3 is 0 Å². The van der Waals surface area contributed by atoms with E-state index in [9.17, 15) is 10.2 Å². The van der Waals surface area contributed by atoms with Gasteiger partial charge in [-0.2, -0.15) is 0 Å². The van der Waals surface area contributed by atoms with Gasteiger partial charge in [-0.25, -0.2) is 0 Å². The van der Waals surface area contributed by atoms with Crippen LogP contribution in [0.3, 0.4) is 0 Å². The monoisotopic (exact) mass is 380 g/mol. The van der Waals surface area contributed by atoms with Gasteiger partial charge in [0, 0.05) is 13.2 Å². The number of hydrogen-bond donors (Lipinski definition) is 4. The van der Waals surface area contributed by atoms with E-state index in [2.05, 4.69) is 26.0 Å². The Balaban J connectivity index is 1.34. The maximum Gasteiger partial charge on any atom is 0.0550 e. The molecule has 6 aliphatic carbocycles. The van der Waals surface area contributed by atoms with E-state index in [1.807, 2.05) is 0 Å². The molecule has 0 saturated heterocycles. The second-order valence-corrected chi connectivity index (χ2v) is 11.5. The first-order valence-corrected chi connectivity index (χ1v) is 11.3. The fourth-order valence-corrected chi connectivity index (χ4v) is 11.1. The summed E-state index contributed by atoms with van der Waals surface area (Å²) in [6.07, 6.45) is 2.51. The van der Waals surface area contributed by atoms with Crippen LogP contribution in [0.5, 0.6) is 0 Å². The van der Waals surface area contributed by atoms with Gasteiger partial charge in [0.15, 0.2) is 0 Å². The summed E-state index contributed by atoms with van der Waals surface area (Å²) >= 11 is 0. The summed E-state index contributed by atoms with van der Waals surface area (Å²) in [5.74, 6) is 6.19. The van der Waals surface area contributed by atoms with E-state index in [-0.39, 0.29) is 13.2 Å². The van der Waals surface area contributed by atoms with Gasteiger partial charge in [-0.3, -0.25) is 0 Å². The third-order valence-electron chi connectivity index (χ3n) is 11.7. The standard InChI is InChI=1S/C24H32N2O2/c1-23-19-11-3-12(10-6-18(26)17(25)5-9(10)11)20(19)24(23,2)22-14-4-13(21(22)23)15(7-27)16(14)8-28/h5-6,11-16,19-22,27-28H,3-4,7-8,25-26H2,1-2H3/t11-,12+,13-,14+,15+,16-,19?,20?,21?,22?,23+,24-. The highest BCUT2D eigenvalue weighted by Crippen LogP contribution is 2.94. The van der Waals surface area contributed by atoms with Gasteiger partial charge in [0.2, 0.25) is 0 Å². The predicted molar refractivity (Wildman–Crippen MR) is 108 cm³/mol. The van der Waals surface area contributed by atoms with Crippen molar-refractivity contribution in [3.05, 3.63) is 23.3 Å². The SMILES string of the molecule is C[C@@]12C3C([C@@H]4C[C@H]3[C@@H](CO)[C@H]4CO)[C@]1(C)C1C2[C@H]2C[C@@H]1c1cc(N)c(N)cc12. The molecule has 0 radical (unpaired) electrons. The number of aliphatic hydroxyl groups is 2. The van der Waals surface area contributed by atoms with Crippen LogP contribution in [0.25, 0.3) is 0 Å². The topological polar surface area (TPSA) is 92.5 Å². The second kappa shape index (κ2) is 4.57. The molecule has 4 nitrogen and oxygen atoms in total. The normalized spacial score (nSPS) is 58.6. The number of hydrogen-bond acceptors (Lipinski definition) is 4. The van der Waals surface area contributed by atoms with Crippen molar-refractivity contribution in [1.82, 2.24) is 0 Å². The highest BCUT2D eigenvalue weighted by molar-refractivity contribution is 5.69. The Labute approximate surface area is 166 Å². The number of aliphatic hydroxyl groups excluding tert-OH is 2. The van der Waals surface area contributed by atoms with Crippen molar-refractivity contribution in [3.8, 4) is 0 Å². The van der Waals surface area contributed by atoms with E-state index in [0.29, 0.717) is 46.3 Å². The molecular formula is C24H32N2O2. The minimum atomic E-state index is 0.251. The first-order chi connectivity index (χ1) is 13.4. The molecule has 0 amide bonds. The Morgan fingerprint density at radius 2 is 1.21 bits per heavy atom. The molecule has 1 aromatic rings. The van der Waals surface area contributed by atoms with Gasteiger partial charge in [0.25, 0.3) is 0 Å². The van der Waals surface area contributed by atoms with Gasteiger partial charge < -0.3 is 21.7 Å². The van der Waals surface area contributed by atoms with Gasteiger partial charge in [0.05, 0.1) is 11.4 Å². The van der Waals surface area contributed by atoms with Crippen LogP contribution >= 0.6 is 0 Å². The molecule has 4 bridgehead atoms. The summed E-state index contributed by atoms with van der Waals surface area (Å²) in [6.45, 7) is 5.67. The van der Waals surface area contributed by atoms with Crippen LogP contribution < -0.4 is 11.5 Å². The Bertz CT molecular complexity index is 845. The van der Waals surface area contributed by atoms with Crippen LogP contribution in [0, 0.1) is 58.2 Å². The Kier molecular flexibility index (Phi) is 2.70. The molecule has 6 N–H and O–H groups in total. The van der Waals surface area contributed by atoms with Gasteiger partial charge in [-0.05, 0) is 106 Å². The van der Waals surface area contributed by atoms with E-state index in [1.54, 1.807) is 0 Å². The minimum absolute atomic E-state index is 0.251. The van der Waals surface area contributed by atoms with Crippen LogP contribution in [0.15, 0.2) is 12.1 Å². The average Bonchev–Trinajstić information content (AvgIpc) is 3.41. The summed E-state index contributed by atoms with van der Waals surface area (Å²) in [5.41, 5.74) is 17.6. The second-order valence-electron chi connectivity index (χ2n) is 11.5. The zero-order valence-electron chi connectivity index (χ0n) is 16.8. The van der Waals surface area contributed by atoms with Crippen LogP contribution in [0.1, 0.15) is 49.7 Å². The molecule has 1 aromatic carbocycles. The van der Waals surface area contributed by atoms with Gasteiger partial charge in [-0.1, -0.05) is 13.8 Å². The number of rotatable bonds is 2.